The van der Waals surface area contributed by atoms with Crippen molar-refractivity contribution in [2.75, 3.05) is 0 Å². The molecule has 0 aliphatic carbocycles. The molecule has 2 heterocycles. The second-order valence-electron chi connectivity index (χ2n) is 11.1. The van der Waals surface area contributed by atoms with E-state index >= 15 is 0 Å². The lowest BCUT2D eigenvalue weighted by atomic mass is 9.99. The van der Waals surface area contributed by atoms with Gasteiger partial charge >= 0.3 is 11.9 Å². The number of carbonyl (C=O) groups is 2. The molecule has 43 heavy (non-hydrogen) atoms. The van der Waals surface area contributed by atoms with Crippen molar-refractivity contribution < 1.29 is 24.2 Å². The molecule has 0 aliphatic rings. The van der Waals surface area contributed by atoms with Crippen molar-refractivity contribution >= 4 is 23.4 Å². The zero-order chi connectivity index (χ0) is 31.3. The Hall–Kier alpha value is -5.06. The summed E-state index contributed by atoms with van der Waals surface area (Å²) in [4.78, 5) is 38.8. The van der Waals surface area contributed by atoms with E-state index in [1.165, 1.54) is 0 Å². The van der Waals surface area contributed by atoms with Crippen molar-refractivity contribution in [3.8, 4) is 34.0 Å². The lowest BCUT2D eigenvalue weighted by Crippen LogP contribution is -2.31. The second kappa shape index (κ2) is 12.8. The van der Waals surface area contributed by atoms with Gasteiger partial charge in [0.05, 0.1) is 35.6 Å². The van der Waals surface area contributed by atoms with Crippen LogP contribution in [0.5, 0.6) is 11.5 Å². The maximum Gasteiger partial charge on any atom is 0.353 e. The Balaban J connectivity index is 1.41. The van der Waals surface area contributed by atoms with Crippen LogP contribution in [0.4, 0.5) is 0 Å². The van der Waals surface area contributed by atoms with Crippen LogP contribution in [0, 0.1) is 10.8 Å². The quantitative estimate of drug-likeness (QED) is 0.0906. The number of nitrogens with zero attached hydrogens (tertiary/aromatic N) is 2. The summed E-state index contributed by atoms with van der Waals surface area (Å²) in [5.41, 5.74) is 1.98. The number of aromatic amines is 2. The highest BCUT2D eigenvalue weighted by molar-refractivity contribution is 6.37. The van der Waals surface area contributed by atoms with Gasteiger partial charge in [0.2, 0.25) is 0 Å². The van der Waals surface area contributed by atoms with Crippen molar-refractivity contribution in [1.29, 1.82) is 10.8 Å². The summed E-state index contributed by atoms with van der Waals surface area (Å²) >= 11 is 0. The number of rotatable bonds is 12. The molecule has 0 spiro atoms. The highest BCUT2D eigenvalue weighted by Crippen LogP contribution is 2.29. The number of carboxylic acids is 1. The maximum absolute atomic E-state index is 12.4. The number of esters is 1. The largest absolute Gasteiger partial charge is 0.477 e. The third kappa shape index (κ3) is 7.42. The summed E-state index contributed by atoms with van der Waals surface area (Å²) in [7, 11) is 0. The number of carboxylic acid groups (broad SMARTS) is 1. The third-order valence-corrected chi connectivity index (χ3v) is 6.78. The van der Waals surface area contributed by atoms with E-state index in [1.807, 2.05) is 62.4 Å². The van der Waals surface area contributed by atoms with Crippen molar-refractivity contribution in [2.45, 2.75) is 64.9 Å². The predicted octanol–water partition coefficient (Wildman–Crippen LogP) is 6.71. The van der Waals surface area contributed by atoms with Crippen LogP contribution in [-0.2, 0) is 14.3 Å². The van der Waals surface area contributed by atoms with E-state index < -0.39 is 35.1 Å². The van der Waals surface area contributed by atoms with Crippen LogP contribution in [0.1, 0.15) is 70.9 Å². The molecule has 2 unspecified atom stereocenters. The van der Waals surface area contributed by atoms with Crippen LogP contribution < -0.4 is 4.74 Å². The zero-order valence-corrected chi connectivity index (χ0v) is 24.8. The summed E-state index contributed by atoms with van der Waals surface area (Å²) in [6, 6.07) is 14.9. The fraction of sp³-hybridized carbons (Fsp3) is 0.312. The van der Waals surface area contributed by atoms with Crippen molar-refractivity contribution in [2.24, 2.45) is 0 Å². The topological polar surface area (TPSA) is 178 Å². The first-order valence-electron chi connectivity index (χ1n) is 14.0. The Bertz CT molecular complexity index is 1610. The highest BCUT2D eigenvalue weighted by Gasteiger charge is 2.28. The summed E-state index contributed by atoms with van der Waals surface area (Å²) in [5.74, 6) is -0.775. The van der Waals surface area contributed by atoms with Crippen molar-refractivity contribution in [3.05, 3.63) is 72.6 Å². The van der Waals surface area contributed by atoms with Gasteiger partial charge in [0.15, 0.2) is 0 Å². The number of nitrogens with one attached hydrogen (secondary N) is 4. The van der Waals surface area contributed by atoms with Gasteiger partial charge in [-0.1, -0.05) is 13.8 Å². The lowest BCUT2D eigenvalue weighted by Gasteiger charge is -2.21. The van der Waals surface area contributed by atoms with Gasteiger partial charge in [-0.15, -0.1) is 0 Å². The normalized spacial score (nSPS) is 12.8. The molecule has 11 heteroatoms. The Kier molecular flexibility index (Phi) is 9.23. The minimum Gasteiger partial charge on any atom is -0.477 e. The van der Waals surface area contributed by atoms with Gasteiger partial charge in [0.25, 0.3) is 0 Å². The number of hydrogen-bond donors (Lipinski definition) is 5. The van der Waals surface area contributed by atoms with E-state index in [0.717, 1.165) is 16.8 Å². The number of imidazole rings is 2. The van der Waals surface area contributed by atoms with Gasteiger partial charge < -0.3 is 24.5 Å². The van der Waals surface area contributed by atoms with E-state index in [-0.39, 0.29) is 5.71 Å². The minimum absolute atomic E-state index is 0.134. The Labute approximate surface area is 249 Å². The molecule has 224 valence electrons. The molecule has 0 aliphatic heterocycles. The summed E-state index contributed by atoms with van der Waals surface area (Å²) in [6.07, 6.45) is 4.28. The van der Waals surface area contributed by atoms with Gasteiger partial charge in [-0.25, -0.2) is 19.6 Å². The van der Waals surface area contributed by atoms with E-state index in [4.69, 9.17) is 20.3 Å². The summed E-state index contributed by atoms with van der Waals surface area (Å²) in [6.45, 7) is 9.03. The van der Waals surface area contributed by atoms with Gasteiger partial charge in [0, 0.05) is 0 Å². The van der Waals surface area contributed by atoms with Gasteiger partial charge in [-0.3, -0.25) is 10.8 Å². The number of aliphatic carboxylic acids is 1. The van der Waals surface area contributed by atoms with Crippen LogP contribution in [0.3, 0.4) is 0 Å². The average Bonchev–Trinajstić information content (AvgIpc) is 3.65. The molecular weight excluding hydrogens is 548 g/mol. The number of carbonyl (C=O) groups excluding carboxylic acids is 1. The minimum atomic E-state index is -1.25. The smallest absolute Gasteiger partial charge is 0.353 e. The Morgan fingerprint density at radius 2 is 1.21 bits per heavy atom. The van der Waals surface area contributed by atoms with E-state index in [1.54, 1.807) is 33.2 Å². The molecule has 5 N–H and O–H groups in total. The monoisotopic (exact) mass is 584 g/mol. The molecule has 11 nitrogen and oxygen atoms in total. The zero-order valence-electron chi connectivity index (χ0n) is 24.8. The van der Waals surface area contributed by atoms with E-state index in [0.29, 0.717) is 41.7 Å². The first-order valence-corrected chi connectivity index (χ1v) is 14.0. The van der Waals surface area contributed by atoms with Gasteiger partial charge in [-0.2, -0.15) is 0 Å². The number of hydrogen-bond acceptors (Lipinski definition) is 8. The van der Waals surface area contributed by atoms with Crippen molar-refractivity contribution in [1.82, 2.24) is 19.9 Å². The molecule has 2 aromatic carbocycles. The fourth-order valence-electron chi connectivity index (χ4n) is 4.55. The van der Waals surface area contributed by atoms with Crippen LogP contribution >= 0.6 is 0 Å². The first-order chi connectivity index (χ1) is 20.4. The van der Waals surface area contributed by atoms with E-state index in [2.05, 4.69) is 19.9 Å². The fourth-order valence-corrected chi connectivity index (χ4v) is 4.55. The van der Waals surface area contributed by atoms with Crippen molar-refractivity contribution in [3.63, 3.8) is 0 Å². The number of ether oxygens (including phenoxy) is 2. The predicted molar refractivity (Wildman–Crippen MR) is 163 cm³/mol. The molecule has 0 saturated carbocycles. The second-order valence-corrected chi connectivity index (χ2v) is 11.1. The van der Waals surface area contributed by atoms with Crippen LogP contribution in [-0.4, -0.2) is 54.0 Å². The van der Waals surface area contributed by atoms with Gasteiger partial charge in [-0.05, 0) is 93.3 Å². The average molecular weight is 585 g/mol. The molecule has 0 saturated heterocycles. The number of H-pyrrole nitrogens is 2. The van der Waals surface area contributed by atoms with E-state index in [9.17, 15) is 14.7 Å². The molecule has 4 aromatic rings. The molecule has 0 radical (unpaired) electrons. The Morgan fingerprint density at radius 1 is 0.791 bits per heavy atom. The molecule has 2 atom stereocenters. The number of aromatic nitrogens is 4. The van der Waals surface area contributed by atoms with Crippen LogP contribution in [0.2, 0.25) is 0 Å². The molecule has 0 fully saturated rings. The first kappa shape index (κ1) is 30.9. The lowest BCUT2D eigenvalue weighted by molar-refractivity contribution is -0.146. The summed E-state index contributed by atoms with van der Waals surface area (Å²) in [5, 5.41) is 25.4. The molecule has 2 aromatic heterocycles. The third-order valence-electron chi connectivity index (χ3n) is 6.78. The summed E-state index contributed by atoms with van der Waals surface area (Å²) < 4.78 is 11.4. The molecular formula is C32H36N6O5. The van der Waals surface area contributed by atoms with Crippen LogP contribution in [0.25, 0.3) is 22.5 Å². The Morgan fingerprint density at radius 3 is 1.58 bits per heavy atom. The SMILES string of the molecule is CCC(C(=N)C(=O)O)c1ncc(-c2ccc(Oc3ccc(-c4cnc(C(CC)C(=N)C(=O)OC(C)(C)C)[nH]4)cc3)cc2)[nH]1. The number of benzene rings is 2. The maximum atomic E-state index is 12.4. The van der Waals surface area contributed by atoms with Crippen LogP contribution in [0.15, 0.2) is 60.9 Å². The molecule has 4 rings (SSSR count). The molecule has 0 bridgehead atoms. The highest BCUT2D eigenvalue weighted by atomic mass is 16.6. The van der Waals surface area contributed by atoms with Gasteiger partial charge in [0.1, 0.15) is 40.2 Å². The molecule has 0 amide bonds. The standard InChI is InChI=1S/C32H36N6O5/c1-6-22(26(33)30(39)40)28-35-16-24(37-28)18-8-12-20(13-9-18)42-21-14-10-19(11-15-21)25-17-36-29(38-25)23(7-2)27(34)31(41)43-32(3,4)5/h8-17,22-23,33-34H,6-7H2,1-5H3,(H,35,37)(H,36,38)(H,39,40).